The molecule has 2 heteroatoms. The first-order valence-corrected chi connectivity index (χ1v) is 23.1. The Morgan fingerprint density at radius 1 is 0.284 bits per heavy atom. The molecule has 67 heavy (non-hydrogen) atoms. The lowest BCUT2D eigenvalue weighted by Gasteiger charge is -2.34. The molecule has 0 radical (unpaired) electrons. The fraction of sp³-hybridized carbons (Fsp3) is 0.0154. The van der Waals surface area contributed by atoms with Crippen LogP contribution in [-0.4, -0.2) is 0 Å². The van der Waals surface area contributed by atoms with Gasteiger partial charge < -0.3 is 9.32 Å². The number of nitrogens with zero attached hydrogens (tertiary/aromatic N) is 1. The van der Waals surface area contributed by atoms with Crippen LogP contribution in [0.4, 0.5) is 17.1 Å². The monoisotopic (exact) mass is 853 g/mol. The molecule has 0 atom stereocenters. The molecule has 314 valence electrons. The summed E-state index contributed by atoms with van der Waals surface area (Å²) in [6.45, 7) is 0. The topological polar surface area (TPSA) is 16.4 Å². The summed E-state index contributed by atoms with van der Waals surface area (Å²) in [5, 5.41) is 4.70. The Hall–Kier alpha value is -8.72. The number of hydrogen-bond acceptors (Lipinski definition) is 2. The number of para-hydroxylation sites is 1. The minimum absolute atomic E-state index is 0.457. The summed E-state index contributed by atoms with van der Waals surface area (Å²) >= 11 is 0. The number of hydrogen-bond donors (Lipinski definition) is 0. The normalized spacial score (nSPS) is 12.6. The maximum Gasteiger partial charge on any atom is 0.135 e. The molecule has 0 saturated heterocycles. The van der Waals surface area contributed by atoms with Crippen molar-refractivity contribution in [2.45, 2.75) is 5.41 Å². The van der Waals surface area contributed by atoms with Crippen LogP contribution in [0.15, 0.2) is 265 Å². The van der Waals surface area contributed by atoms with Crippen molar-refractivity contribution in [2.75, 3.05) is 4.90 Å². The highest BCUT2D eigenvalue weighted by Gasteiger charge is 2.46. The highest BCUT2D eigenvalue weighted by molar-refractivity contribution is 6.06. The Kier molecular flexibility index (Phi) is 9.11. The minimum Gasteiger partial charge on any atom is -0.456 e. The van der Waals surface area contributed by atoms with Crippen LogP contribution in [0, 0.1) is 0 Å². The van der Waals surface area contributed by atoms with Crippen molar-refractivity contribution < 1.29 is 4.42 Å². The van der Waals surface area contributed by atoms with Crippen LogP contribution in [0.25, 0.3) is 77.2 Å². The number of benzene rings is 11. The van der Waals surface area contributed by atoms with Crippen molar-refractivity contribution in [1.29, 1.82) is 0 Å². The van der Waals surface area contributed by atoms with E-state index in [9.17, 15) is 0 Å². The zero-order valence-corrected chi connectivity index (χ0v) is 36.7. The first-order valence-electron chi connectivity index (χ1n) is 23.1. The van der Waals surface area contributed by atoms with E-state index in [1.54, 1.807) is 0 Å². The van der Waals surface area contributed by atoms with E-state index in [0.29, 0.717) is 0 Å². The van der Waals surface area contributed by atoms with Crippen molar-refractivity contribution in [1.82, 2.24) is 0 Å². The van der Waals surface area contributed by atoms with Gasteiger partial charge in [-0.3, -0.25) is 0 Å². The van der Waals surface area contributed by atoms with Gasteiger partial charge in [-0.05, 0) is 144 Å². The zero-order chi connectivity index (χ0) is 44.3. The van der Waals surface area contributed by atoms with E-state index >= 15 is 0 Å². The van der Waals surface area contributed by atoms with Gasteiger partial charge in [0.15, 0.2) is 0 Å². The van der Waals surface area contributed by atoms with Crippen molar-refractivity contribution >= 4 is 49.8 Å². The summed E-state index contributed by atoms with van der Waals surface area (Å²) in [6.07, 6.45) is 0. The summed E-state index contributed by atoms with van der Waals surface area (Å²) < 4.78 is 6.30. The van der Waals surface area contributed by atoms with Gasteiger partial charge in [-0.1, -0.05) is 194 Å². The third-order valence-electron chi connectivity index (χ3n) is 13.9. The fourth-order valence-electron chi connectivity index (χ4n) is 10.8. The Bertz CT molecular complexity index is 3750. The molecule has 13 rings (SSSR count). The van der Waals surface area contributed by atoms with Crippen molar-refractivity contribution in [3.8, 4) is 44.5 Å². The van der Waals surface area contributed by atoms with Gasteiger partial charge in [0, 0.05) is 27.8 Å². The molecule has 2 nitrogen and oxygen atoms in total. The number of rotatable bonds is 8. The van der Waals surface area contributed by atoms with Crippen LogP contribution < -0.4 is 4.90 Å². The second-order valence-corrected chi connectivity index (χ2v) is 17.6. The molecule has 0 saturated carbocycles. The maximum atomic E-state index is 6.30. The third-order valence-corrected chi connectivity index (χ3v) is 13.9. The quantitative estimate of drug-likeness (QED) is 0.151. The van der Waals surface area contributed by atoms with Gasteiger partial charge in [-0.15, -0.1) is 0 Å². The number of furan rings is 1. The van der Waals surface area contributed by atoms with Crippen LogP contribution in [-0.2, 0) is 5.41 Å². The zero-order valence-electron chi connectivity index (χ0n) is 36.7. The first-order chi connectivity index (χ1) is 33.2. The number of fused-ring (bicyclic) bond motifs is 7. The van der Waals surface area contributed by atoms with Gasteiger partial charge in [0.1, 0.15) is 11.2 Å². The average Bonchev–Trinajstić information content (AvgIpc) is 3.93. The molecular weight excluding hydrogens is 811 g/mol. The van der Waals surface area contributed by atoms with E-state index in [0.717, 1.165) is 44.6 Å². The lowest BCUT2D eigenvalue weighted by Crippen LogP contribution is -2.28. The van der Waals surface area contributed by atoms with Gasteiger partial charge in [0.25, 0.3) is 0 Å². The van der Waals surface area contributed by atoms with Gasteiger partial charge in [0.2, 0.25) is 0 Å². The largest absolute Gasteiger partial charge is 0.456 e. The Morgan fingerprint density at radius 3 is 1.54 bits per heavy atom. The molecule has 0 unspecified atom stereocenters. The average molecular weight is 854 g/mol. The van der Waals surface area contributed by atoms with E-state index in [2.05, 4.69) is 254 Å². The smallest absolute Gasteiger partial charge is 0.135 e. The van der Waals surface area contributed by atoms with Crippen LogP contribution in [0.5, 0.6) is 0 Å². The van der Waals surface area contributed by atoms with Crippen LogP contribution in [0.1, 0.15) is 22.3 Å². The van der Waals surface area contributed by atoms with Crippen molar-refractivity contribution in [3.63, 3.8) is 0 Å². The second-order valence-electron chi connectivity index (χ2n) is 17.6. The van der Waals surface area contributed by atoms with E-state index < -0.39 is 5.41 Å². The summed E-state index contributed by atoms with van der Waals surface area (Å²) in [5.74, 6) is 0. The molecule has 11 aromatic carbocycles. The van der Waals surface area contributed by atoms with Crippen molar-refractivity contribution in [2.24, 2.45) is 0 Å². The highest BCUT2D eigenvalue weighted by Crippen LogP contribution is 2.56. The van der Waals surface area contributed by atoms with Crippen LogP contribution in [0.2, 0.25) is 0 Å². The summed E-state index contributed by atoms with van der Waals surface area (Å²) in [5.41, 5.74) is 19.3. The van der Waals surface area contributed by atoms with Gasteiger partial charge in [-0.2, -0.15) is 0 Å². The van der Waals surface area contributed by atoms with E-state index in [4.69, 9.17) is 4.42 Å². The lowest BCUT2D eigenvalue weighted by molar-refractivity contribution is 0.669. The van der Waals surface area contributed by atoms with E-state index in [1.165, 1.54) is 72.0 Å². The molecule has 0 N–H and O–H groups in total. The number of anilines is 3. The maximum absolute atomic E-state index is 6.30. The van der Waals surface area contributed by atoms with Crippen LogP contribution >= 0.6 is 0 Å². The minimum atomic E-state index is -0.457. The van der Waals surface area contributed by atoms with Gasteiger partial charge >= 0.3 is 0 Å². The molecule has 1 heterocycles. The first kappa shape index (κ1) is 38.7. The third kappa shape index (κ3) is 6.41. The molecular formula is C65H43NO. The fourth-order valence-corrected chi connectivity index (χ4v) is 10.8. The highest BCUT2D eigenvalue weighted by atomic mass is 16.3. The Morgan fingerprint density at radius 2 is 0.806 bits per heavy atom. The summed E-state index contributed by atoms with van der Waals surface area (Å²) in [6, 6.07) is 95.1. The summed E-state index contributed by atoms with van der Waals surface area (Å²) in [4.78, 5) is 2.36. The molecule has 1 aromatic heterocycles. The van der Waals surface area contributed by atoms with Gasteiger partial charge in [-0.25, -0.2) is 0 Å². The molecule has 0 spiro atoms. The Labute approximate surface area is 390 Å². The van der Waals surface area contributed by atoms with E-state index in [1.807, 2.05) is 12.1 Å². The molecule has 12 aromatic rings. The van der Waals surface area contributed by atoms with Crippen LogP contribution in [0.3, 0.4) is 0 Å². The van der Waals surface area contributed by atoms with Gasteiger partial charge in [0.05, 0.1) is 5.41 Å². The molecule has 1 aliphatic carbocycles. The second kappa shape index (κ2) is 15.8. The Balaban J connectivity index is 0.902. The predicted octanol–water partition coefficient (Wildman–Crippen LogP) is 17.6. The molecule has 0 bridgehead atoms. The summed E-state index contributed by atoms with van der Waals surface area (Å²) in [7, 11) is 0. The molecule has 0 fully saturated rings. The lowest BCUT2D eigenvalue weighted by atomic mass is 9.67. The SMILES string of the molecule is c1ccc(C2(c3ccccc3)c3ccccc3-c3ccc(-c4ccc(N(c5ccc(-c6cccc(-c7ccc8ccccc8c7)c6)cc5)c5ccc6oc7ccccc7c6c5)cc4)cc32)cc1. The van der Waals surface area contributed by atoms with E-state index in [-0.39, 0.29) is 0 Å². The molecule has 0 amide bonds. The molecule has 1 aliphatic rings. The molecule has 0 aliphatic heterocycles. The standard InChI is InChI=1S/C65H43NO/c1-3-18-52(19-4-1)65(53-20-5-2-6-21-53)61-24-11-9-22-57(61)58-38-32-51(42-62(58)65)46-30-35-55(36-31-46)66(56-37-39-64-60(43-56)59-23-10-12-25-63(59)67-64)54-33-28-45(29-34-54)48-16-13-17-49(40-48)50-27-26-44-14-7-8-15-47(44)41-50/h1-43H. The van der Waals surface area contributed by atoms with Crippen molar-refractivity contribution in [3.05, 3.63) is 283 Å². The predicted molar refractivity (Wildman–Crippen MR) is 280 cm³/mol.